The van der Waals surface area contributed by atoms with Gasteiger partial charge in [-0.1, -0.05) is 127 Å². The van der Waals surface area contributed by atoms with E-state index in [1.807, 2.05) is 30.5 Å². The minimum absolute atomic E-state index is 0.874. The summed E-state index contributed by atoms with van der Waals surface area (Å²) in [7, 11) is 0. The molecule has 8 aromatic rings. The number of hydrogen-bond acceptors (Lipinski definition) is 2. The van der Waals surface area contributed by atoms with Gasteiger partial charge in [0.1, 0.15) is 0 Å². The second-order valence-electron chi connectivity index (χ2n) is 11.3. The summed E-state index contributed by atoms with van der Waals surface area (Å²) >= 11 is 0. The molecule has 1 aliphatic rings. The van der Waals surface area contributed by atoms with E-state index in [2.05, 4.69) is 132 Å². The third kappa shape index (κ3) is 3.68. The van der Waals surface area contributed by atoms with Crippen LogP contribution >= 0.6 is 0 Å². The normalized spacial score (nSPS) is 11.6. The van der Waals surface area contributed by atoms with Crippen LogP contribution in [0.3, 0.4) is 0 Å². The van der Waals surface area contributed by atoms with Crippen molar-refractivity contribution in [3.8, 4) is 67.2 Å². The average molecular weight is 559 g/mol. The van der Waals surface area contributed by atoms with Gasteiger partial charge in [0.25, 0.3) is 0 Å². The highest BCUT2D eigenvalue weighted by molar-refractivity contribution is 6.28. The fourth-order valence-corrected chi connectivity index (χ4v) is 7.07. The molecule has 0 atom stereocenters. The van der Waals surface area contributed by atoms with Crippen molar-refractivity contribution in [1.29, 1.82) is 0 Å². The zero-order valence-electron chi connectivity index (χ0n) is 23.9. The molecular weight excluding hydrogens is 532 g/mol. The zero-order valence-corrected chi connectivity index (χ0v) is 23.9. The van der Waals surface area contributed by atoms with Gasteiger partial charge in [-0.05, 0) is 90.3 Å². The topological polar surface area (TPSA) is 25.8 Å². The molecular formula is C42H26N2. The van der Waals surface area contributed by atoms with Crippen LogP contribution in [0.4, 0.5) is 0 Å². The lowest BCUT2D eigenvalue weighted by molar-refractivity contribution is 1.25. The van der Waals surface area contributed by atoms with Gasteiger partial charge in [-0.2, -0.15) is 0 Å². The largest absolute Gasteiger partial charge is 0.255 e. The standard InChI is InChI=1S/C42H26N2/c1-3-13-27(14-4-1)38-31-17-7-8-18-32(31)39(28-15-5-2-6-16-28)42-34-25-24-29(30-19-11-20-33(40(30)34)41(38)42)35-22-12-23-37(44-35)36-21-9-10-26-43-36/h1-26H. The highest BCUT2D eigenvalue weighted by Crippen LogP contribution is 2.58. The molecule has 0 amide bonds. The van der Waals surface area contributed by atoms with Crippen molar-refractivity contribution in [2.24, 2.45) is 0 Å². The Morgan fingerprint density at radius 2 is 0.841 bits per heavy atom. The van der Waals surface area contributed by atoms with E-state index in [9.17, 15) is 0 Å². The Morgan fingerprint density at radius 1 is 0.318 bits per heavy atom. The number of rotatable bonds is 4. The molecule has 2 heterocycles. The Morgan fingerprint density at radius 3 is 1.50 bits per heavy atom. The van der Waals surface area contributed by atoms with Crippen molar-refractivity contribution >= 4 is 21.5 Å². The first kappa shape index (κ1) is 24.7. The molecule has 0 saturated heterocycles. The quantitative estimate of drug-likeness (QED) is 0.215. The van der Waals surface area contributed by atoms with Crippen LogP contribution in [0, 0.1) is 0 Å². The van der Waals surface area contributed by atoms with Gasteiger partial charge >= 0.3 is 0 Å². The van der Waals surface area contributed by atoms with E-state index in [0.717, 1.165) is 22.6 Å². The van der Waals surface area contributed by atoms with Gasteiger partial charge in [-0.25, -0.2) is 4.98 Å². The molecule has 2 heteroatoms. The van der Waals surface area contributed by atoms with Gasteiger partial charge in [-0.3, -0.25) is 4.98 Å². The average Bonchev–Trinajstić information content (AvgIpc) is 3.43. The first-order chi connectivity index (χ1) is 21.9. The number of benzene rings is 6. The number of pyridine rings is 2. The molecule has 1 aliphatic carbocycles. The van der Waals surface area contributed by atoms with Crippen LogP contribution in [0.5, 0.6) is 0 Å². The Kier molecular flexibility index (Phi) is 5.54. The Labute approximate surface area is 256 Å². The summed E-state index contributed by atoms with van der Waals surface area (Å²) in [5.41, 5.74) is 14.0. The number of nitrogens with zero attached hydrogens (tertiary/aromatic N) is 2. The fourth-order valence-electron chi connectivity index (χ4n) is 7.07. The molecule has 0 bridgehead atoms. The molecule has 0 saturated carbocycles. The number of fused-ring (bicyclic) bond motifs is 4. The van der Waals surface area contributed by atoms with Crippen molar-refractivity contribution < 1.29 is 0 Å². The van der Waals surface area contributed by atoms with Gasteiger partial charge in [0.15, 0.2) is 0 Å². The third-order valence-electron chi connectivity index (χ3n) is 8.87. The predicted molar refractivity (Wildman–Crippen MR) is 183 cm³/mol. The van der Waals surface area contributed by atoms with E-state index in [1.165, 1.54) is 66.1 Å². The van der Waals surface area contributed by atoms with E-state index in [1.54, 1.807) is 0 Å². The first-order valence-electron chi connectivity index (χ1n) is 15.0. The monoisotopic (exact) mass is 558 g/mol. The summed E-state index contributed by atoms with van der Waals surface area (Å²) in [6, 6.07) is 54.1. The highest BCUT2D eigenvalue weighted by atomic mass is 14.8. The molecule has 0 fully saturated rings. The lowest BCUT2D eigenvalue weighted by Gasteiger charge is -2.20. The van der Waals surface area contributed by atoms with Crippen molar-refractivity contribution in [3.05, 3.63) is 158 Å². The Hall–Kier alpha value is -5.86. The van der Waals surface area contributed by atoms with E-state index < -0.39 is 0 Å². The lowest BCUT2D eigenvalue weighted by Crippen LogP contribution is -1.93. The minimum Gasteiger partial charge on any atom is -0.255 e. The van der Waals surface area contributed by atoms with Crippen LogP contribution in [0.2, 0.25) is 0 Å². The molecule has 9 rings (SSSR count). The van der Waals surface area contributed by atoms with Crippen molar-refractivity contribution in [2.45, 2.75) is 0 Å². The smallest absolute Gasteiger partial charge is 0.0893 e. The SMILES string of the molecule is c1ccc(-c2c3c(c(-c4ccccc4)c4ccccc24)-c2ccc(-c4cccc(-c5ccccn5)n4)c4cccc-3c24)cc1. The molecule has 44 heavy (non-hydrogen) atoms. The first-order valence-corrected chi connectivity index (χ1v) is 15.0. The molecule has 0 radical (unpaired) electrons. The summed E-state index contributed by atoms with van der Waals surface area (Å²) in [6.45, 7) is 0. The zero-order chi connectivity index (χ0) is 29.0. The van der Waals surface area contributed by atoms with Crippen LogP contribution in [0.15, 0.2) is 158 Å². The van der Waals surface area contributed by atoms with E-state index >= 15 is 0 Å². The molecule has 0 spiro atoms. The van der Waals surface area contributed by atoms with Crippen LogP contribution in [0.25, 0.3) is 88.7 Å². The molecule has 0 aliphatic heterocycles. The summed E-state index contributed by atoms with van der Waals surface area (Å²) in [6.07, 6.45) is 1.82. The summed E-state index contributed by atoms with van der Waals surface area (Å²) in [4.78, 5) is 9.66. The maximum absolute atomic E-state index is 5.10. The molecule has 0 N–H and O–H groups in total. The van der Waals surface area contributed by atoms with Gasteiger partial charge in [0.2, 0.25) is 0 Å². The van der Waals surface area contributed by atoms with Crippen molar-refractivity contribution in [1.82, 2.24) is 9.97 Å². The van der Waals surface area contributed by atoms with Crippen LogP contribution in [0.1, 0.15) is 0 Å². The Bertz CT molecular complexity index is 2270. The summed E-state index contributed by atoms with van der Waals surface area (Å²) in [5, 5.41) is 5.04. The fraction of sp³-hybridized carbons (Fsp3) is 0. The maximum Gasteiger partial charge on any atom is 0.0893 e. The highest BCUT2D eigenvalue weighted by Gasteiger charge is 2.31. The number of hydrogen-bond donors (Lipinski definition) is 0. The van der Waals surface area contributed by atoms with Crippen LogP contribution in [-0.4, -0.2) is 9.97 Å². The van der Waals surface area contributed by atoms with Gasteiger partial charge in [-0.15, -0.1) is 0 Å². The van der Waals surface area contributed by atoms with E-state index in [4.69, 9.17) is 4.98 Å². The Balaban J connectivity index is 1.39. The van der Waals surface area contributed by atoms with Gasteiger partial charge < -0.3 is 0 Å². The summed E-state index contributed by atoms with van der Waals surface area (Å²) < 4.78 is 0. The molecule has 6 aromatic carbocycles. The maximum atomic E-state index is 5.10. The lowest BCUT2D eigenvalue weighted by atomic mass is 9.82. The van der Waals surface area contributed by atoms with Crippen LogP contribution < -0.4 is 0 Å². The molecule has 2 nitrogen and oxygen atoms in total. The van der Waals surface area contributed by atoms with E-state index in [-0.39, 0.29) is 0 Å². The molecule has 2 aromatic heterocycles. The van der Waals surface area contributed by atoms with Gasteiger partial charge in [0.05, 0.1) is 17.1 Å². The van der Waals surface area contributed by atoms with Crippen LogP contribution in [-0.2, 0) is 0 Å². The second-order valence-corrected chi connectivity index (χ2v) is 11.3. The second kappa shape index (κ2) is 9.86. The van der Waals surface area contributed by atoms with E-state index in [0.29, 0.717) is 0 Å². The third-order valence-corrected chi connectivity index (χ3v) is 8.87. The molecule has 0 unspecified atom stereocenters. The van der Waals surface area contributed by atoms with Gasteiger partial charge in [0, 0.05) is 11.8 Å². The van der Waals surface area contributed by atoms with Crippen molar-refractivity contribution in [3.63, 3.8) is 0 Å². The van der Waals surface area contributed by atoms with Crippen molar-refractivity contribution in [2.75, 3.05) is 0 Å². The molecule has 204 valence electrons. The predicted octanol–water partition coefficient (Wildman–Crippen LogP) is 11.1. The minimum atomic E-state index is 0.874. The summed E-state index contributed by atoms with van der Waals surface area (Å²) in [5.74, 6) is 0. The number of aromatic nitrogens is 2.